The van der Waals surface area contributed by atoms with Gasteiger partial charge in [0.15, 0.2) is 0 Å². The van der Waals surface area contributed by atoms with Crippen molar-refractivity contribution >= 4 is 52.3 Å². The Morgan fingerprint density at radius 3 is 2.10 bits per heavy atom. The van der Waals surface area contributed by atoms with Crippen LogP contribution in [0.3, 0.4) is 0 Å². The third-order valence-electron chi connectivity index (χ3n) is 3.67. The van der Waals surface area contributed by atoms with Gasteiger partial charge in [0, 0.05) is 18.7 Å². The third-order valence-corrected chi connectivity index (χ3v) is 5.48. The number of phenols is 1. The average Bonchev–Trinajstić information content (AvgIpc) is 2.51. The van der Waals surface area contributed by atoms with E-state index in [1.165, 1.54) is 0 Å². The van der Waals surface area contributed by atoms with Crippen molar-refractivity contribution in [3.05, 3.63) is 25.7 Å². The third kappa shape index (κ3) is 3.20. The zero-order chi connectivity index (χ0) is 15.7. The monoisotopic (exact) mass is 371 g/mol. The summed E-state index contributed by atoms with van der Waals surface area (Å²) in [6, 6.07) is 0. The number of benzene rings is 1. The highest BCUT2D eigenvalue weighted by Gasteiger charge is 2.30. The summed E-state index contributed by atoms with van der Waals surface area (Å²) in [5.41, 5.74) is 0.465. The first-order valence-electron chi connectivity index (χ1n) is 6.31. The predicted octanol–water partition coefficient (Wildman–Crippen LogP) is 3.70. The van der Waals surface area contributed by atoms with E-state index in [1.807, 2.05) is 0 Å². The number of aliphatic hydroxyl groups excluding tert-OH is 1. The summed E-state index contributed by atoms with van der Waals surface area (Å²) in [6.07, 6.45) is 1.18. The zero-order valence-electron chi connectivity index (χ0n) is 10.9. The van der Waals surface area contributed by atoms with Crippen LogP contribution in [0.1, 0.15) is 24.3 Å². The summed E-state index contributed by atoms with van der Waals surface area (Å²) in [6.45, 7) is 0.435. The molecule has 21 heavy (non-hydrogen) atoms. The van der Waals surface area contributed by atoms with E-state index in [9.17, 15) is 9.90 Å². The van der Waals surface area contributed by atoms with Crippen LogP contribution in [0.25, 0.3) is 0 Å². The van der Waals surface area contributed by atoms with Gasteiger partial charge in [0.05, 0.1) is 15.1 Å². The second-order valence-electron chi connectivity index (χ2n) is 4.83. The first-order valence-corrected chi connectivity index (χ1v) is 7.83. The van der Waals surface area contributed by atoms with Crippen LogP contribution in [-0.4, -0.2) is 40.7 Å². The van der Waals surface area contributed by atoms with E-state index in [0.717, 1.165) is 0 Å². The molecule has 0 aromatic heterocycles. The Kier molecular flexibility index (Phi) is 5.49. The van der Waals surface area contributed by atoms with E-state index in [1.54, 1.807) is 4.90 Å². The lowest BCUT2D eigenvalue weighted by molar-refractivity contribution is -0.135. The normalized spacial score (nSPS) is 16.3. The molecule has 8 heteroatoms. The van der Waals surface area contributed by atoms with Gasteiger partial charge >= 0.3 is 0 Å². The maximum Gasteiger partial charge on any atom is 0.248 e. The molecular weight excluding hydrogens is 360 g/mol. The molecule has 0 aliphatic carbocycles. The molecule has 0 spiro atoms. The fourth-order valence-corrected chi connectivity index (χ4v) is 3.54. The molecule has 1 aromatic carbocycles. The van der Waals surface area contributed by atoms with E-state index >= 15 is 0 Å². The van der Waals surface area contributed by atoms with E-state index < -0.39 is 6.61 Å². The van der Waals surface area contributed by atoms with Crippen LogP contribution in [0.2, 0.25) is 20.1 Å². The van der Waals surface area contributed by atoms with E-state index in [2.05, 4.69) is 0 Å². The summed E-state index contributed by atoms with van der Waals surface area (Å²) in [5.74, 6) is -0.550. The Labute approximate surface area is 142 Å². The molecule has 0 saturated carbocycles. The van der Waals surface area contributed by atoms with Crippen LogP contribution >= 0.6 is 46.4 Å². The Morgan fingerprint density at radius 2 is 1.57 bits per heavy atom. The van der Waals surface area contributed by atoms with Crippen molar-refractivity contribution < 1.29 is 15.0 Å². The van der Waals surface area contributed by atoms with Crippen molar-refractivity contribution in [1.82, 2.24) is 4.90 Å². The molecule has 4 nitrogen and oxygen atoms in total. The minimum absolute atomic E-state index is 0.0186. The van der Waals surface area contributed by atoms with Gasteiger partial charge in [0.1, 0.15) is 17.4 Å². The number of piperidine rings is 1. The molecule has 116 valence electrons. The van der Waals surface area contributed by atoms with Crippen LogP contribution in [-0.2, 0) is 4.79 Å². The second kappa shape index (κ2) is 6.80. The van der Waals surface area contributed by atoms with Crippen LogP contribution < -0.4 is 0 Å². The molecule has 0 bridgehead atoms. The minimum atomic E-state index is -0.505. The fraction of sp³-hybridized carbons (Fsp3) is 0.462. The molecule has 0 unspecified atom stereocenters. The predicted molar refractivity (Wildman–Crippen MR) is 83.8 cm³/mol. The van der Waals surface area contributed by atoms with Gasteiger partial charge in [-0.3, -0.25) is 4.79 Å². The fourth-order valence-electron chi connectivity index (χ4n) is 2.53. The lowest BCUT2D eigenvalue weighted by Gasteiger charge is -2.32. The molecule has 1 amide bonds. The SMILES string of the molecule is O=C(CO)N1CCC(c2c(O)c(Cl)c(Cl)c(Cl)c2Cl)CC1. The van der Waals surface area contributed by atoms with Crippen molar-refractivity contribution in [2.75, 3.05) is 19.7 Å². The van der Waals surface area contributed by atoms with Crippen molar-refractivity contribution in [3.8, 4) is 5.75 Å². The zero-order valence-corrected chi connectivity index (χ0v) is 13.9. The van der Waals surface area contributed by atoms with Crippen LogP contribution in [0.4, 0.5) is 0 Å². The number of carbonyl (C=O) groups is 1. The van der Waals surface area contributed by atoms with Crippen LogP contribution in [0, 0.1) is 0 Å². The molecule has 1 aliphatic rings. The first-order chi connectivity index (χ1) is 9.88. The average molecular weight is 373 g/mol. The number of amides is 1. The van der Waals surface area contributed by atoms with Gasteiger partial charge in [0.2, 0.25) is 5.91 Å². The summed E-state index contributed by atoms with van der Waals surface area (Å²) in [5, 5.41) is 19.3. The number of phenolic OH excluding ortho intramolecular Hbond substituents is 1. The van der Waals surface area contributed by atoms with Gasteiger partial charge in [-0.15, -0.1) is 0 Å². The maximum atomic E-state index is 11.4. The maximum absolute atomic E-state index is 11.4. The Hall–Kier alpha value is -0.390. The van der Waals surface area contributed by atoms with Gasteiger partial charge in [-0.1, -0.05) is 46.4 Å². The molecular formula is C13H13Cl4NO3. The van der Waals surface area contributed by atoms with Gasteiger partial charge in [0.25, 0.3) is 0 Å². The Bertz CT molecular complexity index is 542. The lowest BCUT2D eigenvalue weighted by Crippen LogP contribution is -2.39. The molecule has 1 aliphatic heterocycles. The van der Waals surface area contributed by atoms with E-state index in [4.69, 9.17) is 51.5 Å². The smallest absolute Gasteiger partial charge is 0.248 e. The van der Waals surface area contributed by atoms with Gasteiger partial charge < -0.3 is 15.1 Å². The van der Waals surface area contributed by atoms with E-state index in [0.29, 0.717) is 31.5 Å². The topological polar surface area (TPSA) is 60.8 Å². The quantitative estimate of drug-likeness (QED) is 0.614. The summed E-state index contributed by atoms with van der Waals surface area (Å²) < 4.78 is 0. The minimum Gasteiger partial charge on any atom is -0.506 e. The largest absolute Gasteiger partial charge is 0.506 e. The van der Waals surface area contributed by atoms with Gasteiger partial charge in [-0.25, -0.2) is 0 Å². The number of aliphatic hydroxyl groups is 1. The molecule has 1 heterocycles. The van der Waals surface area contributed by atoms with Crippen LogP contribution in [0.5, 0.6) is 5.75 Å². The van der Waals surface area contributed by atoms with Gasteiger partial charge in [-0.05, 0) is 18.8 Å². The van der Waals surface area contributed by atoms with Crippen molar-refractivity contribution in [1.29, 1.82) is 0 Å². The van der Waals surface area contributed by atoms with Crippen molar-refractivity contribution in [3.63, 3.8) is 0 Å². The number of nitrogens with zero attached hydrogens (tertiary/aromatic N) is 1. The molecule has 2 rings (SSSR count). The second-order valence-corrected chi connectivity index (χ2v) is 6.34. The lowest BCUT2D eigenvalue weighted by atomic mass is 9.88. The number of aromatic hydroxyl groups is 1. The molecule has 2 N–H and O–H groups in total. The summed E-state index contributed by atoms with van der Waals surface area (Å²) in [4.78, 5) is 13.0. The molecule has 1 fully saturated rings. The highest BCUT2D eigenvalue weighted by Crippen LogP contribution is 2.49. The molecule has 0 radical (unpaired) electrons. The highest BCUT2D eigenvalue weighted by molar-refractivity contribution is 6.52. The number of carbonyl (C=O) groups excluding carboxylic acids is 1. The first kappa shape index (κ1) is 17.0. The van der Waals surface area contributed by atoms with E-state index in [-0.39, 0.29) is 37.7 Å². The number of likely N-dealkylation sites (tertiary alicyclic amines) is 1. The van der Waals surface area contributed by atoms with Crippen molar-refractivity contribution in [2.45, 2.75) is 18.8 Å². The van der Waals surface area contributed by atoms with Crippen molar-refractivity contribution in [2.24, 2.45) is 0 Å². The summed E-state index contributed by atoms with van der Waals surface area (Å²) in [7, 11) is 0. The molecule has 0 atom stereocenters. The number of hydrogen-bond acceptors (Lipinski definition) is 3. The van der Waals surface area contributed by atoms with Gasteiger partial charge in [-0.2, -0.15) is 0 Å². The van der Waals surface area contributed by atoms with Crippen LogP contribution in [0.15, 0.2) is 0 Å². The highest BCUT2D eigenvalue weighted by atomic mass is 35.5. The standard InChI is InChI=1S/C13H13Cl4NO3/c14-9-8(13(21)12(17)11(16)10(9)15)6-1-3-18(4-2-6)7(20)5-19/h6,19,21H,1-5H2. The Balaban J connectivity index is 2.27. The number of hydrogen-bond donors (Lipinski definition) is 2. The molecule has 1 saturated heterocycles. The number of rotatable bonds is 2. The number of halogens is 4. The Morgan fingerprint density at radius 1 is 1.05 bits per heavy atom. The summed E-state index contributed by atoms with van der Waals surface area (Å²) >= 11 is 24.1. The molecule has 1 aromatic rings.